The van der Waals surface area contributed by atoms with Crippen LogP contribution in [-0.4, -0.2) is 19.5 Å². The van der Waals surface area contributed by atoms with E-state index in [1.807, 2.05) is 6.08 Å². The van der Waals surface area contributed by atoms with Crippen LogP contribution >= 0.6 is 10.7 Å². The van der Waals surface area contributed by atoms with Gasteiger partial charge in [0.25, 0.3) is 9.05 Å². The van der Waals surface area contributed by atoms with Gasteiger partial charge in [-0.2, -0.15) is 0 Å². The Morgan fingerprint density at radius 2 is 2.14 bits per heavy atom. The summed E-state index contributed by atoms with van der Waals surface area (Å²) in [7, 11) is 1.62. The second kappa shape index (κ2) is 5.66. The van der Waals surface area contributed by atoms with Gasteiger partial charge in [0, 0.05) is 22.3 Å². The van der Waals surface area contributed by atoms with Crippen molar-refractivity contribution in [3.05, 3.63) is 42.6 Å². The number of ether oxygens (including phenoxy) is 1. The van der Waals surface area contributed by atoms with Crippen LogP contribution in [0.15, 0.2) is 47.5 Å². The van der Waals surface area contributed by atoms with Crippen LogP contribution in [0, 0.1) is 0 Å². The average molecular weight is 324 g/mol. The predicted molar refractivity (Wildman–Crippen MR) is 82.2 cm³/mol. The van der Waals surface area contributed by atoms with E-state index < -0.39 is 9.05 Å². The predicted octanol–water partition coefficient (Wildman–Crippen LogP) is 3.65. The monoisotopic (exact) mass is 323 g/mol. The summed E-state index contributed by atoms with van der Waals surface area (Å²) < 4.78 is 29.2. The van der Waals surface area contributed by atoms with Crippen LogP contribution in [0.3, 0.4) is 0 Å². The zero-order valence-electron chi connectivity index (χ0n) is 11.2. The Hall–Kier alpha value is -1.59. The van der Waals surface area contributed by atoms with E-state index in [1.165, 1.54) is 12.3 Å². The van der Waals surface area contributed by atoms with Crippen LogP contribution in [-0.2, 0) is 9.05 Å². The fourth-order valence-electron chi connectivity index (χ4n) is 2.46. The van der Waals surface area contributed by atoms with Crippen molar-refractivity contribution in [1.29, 1.82) is 0 Å². The first kappa shape index (κ1) is 14.4. The summed E-state index contributed by atoms with van der Waals surface area (Å²) in [5.74, 6) is 0.624. The summed E-state index contributed by atoms with van der Waals surface area (Å²) in [5.41, 5.74) is 0.338. The van der Waals surface area contributed by atoms with Gasteiger partial charge in [-0.1, -0.05) is 6.08 Å². The summed E-state index contributed by atoms with van der Waals surface area (Å²) in [6.07, 6.45) is 8.81. The Morgan fingerprint density at radius 1 is 1.29 bits per heavy atom. The fourth-order valence-corrected chi connectivity index (χ4v) is 3.46. The number of hydrogen-bond donors (Lipinski definition) is 0. The maximum atomic E-state index is 11.6. The molecule has 110 valence electrons. The van der Waals surface area contributed by atoms with Crippen molar-refractivity contribution in [2.75, 3.05) is 0 Å². The van der Waals surface area contributed by atoms with Gasteiger partial charge in [0.1, 0.15) is 16.7 Å². The molecular weight excluding hydrogens is 310 g/mol. The maximum Gasteiger partial charge on any atom is 0.263 e. The number of allylic oxidation sites excluding steroid dienone is 1. The molecule has 21 heavy (non-hydrogen) atoms. The van der Waals surface area contributed by atoms with Crippen molar-refractivity contribution in [2.45, 2.75) is 30.3 Å². The average Bonchev–Trinajstić information content (AvgIpc) is 2.47. The van der Waals surface area contributed by atoms with Gasteiger partial charge in [0.15, 0.2) is 0 Å². The lowest BCUT2D eigenvalue weighted by Crippen LogP contribution is -2.16. The zero-order valence-corrected chi connectivity index (χ0v) is 12.8. The number of pyridine rings is 1. The molecule has 0 fully saturated rings. The molecule has 1 atom stereocenters. The highest BCUT2D eigenvalue weighted by molar-refractivity contribution is 8.14. The molecular formula is C15H14ClNO3S. The molecule has 6 heteroatoms. The summed E-state index contributed by atoms with van der Waals surface area (Å²) in [5, 5.41) is 0.651. The standard InChI is InChI=1S/C15H14ClNO3S/c16-21(18,19)14-9-8-13(12-7-4-10-17-15(12)14)20-11-5-2-1-3-6-11/h2,4-5,7-11H,1,3,6H2. The number of benzene rings is 1. The normalized spacial score (nSPS) is 18.8. The number of hydrogen-bond acceptors (Lipinski definition) is 4. The van der Waals surface area contributed by atoms with Crippen molar-refractivity contribution < 1.29 is 13.2 Å². The Labute approximate surface area is 127 Å². The van der Waals surface area contributed by atoms with E-state index in [0.29, 0.717) is 16.7 Å². The van der Waals surface area contributed by atoms with Crippen LogP contribution in [0.25, 0.3) is 10.9 Å². The fraction of sp³-hybridized carbons (Fsp3) is 0.267. The number of halogens is 1. The zero-order chi connectivity index (χ0) is 14.9. The van der Waals surface area contributed by atoms with E-state index in [2.05, 4.69) is 11.1 Å². The quantitative estimate of drug-likeness (QED) is 0.639. The van der Waals surface area contributed by atoms with E-state index in [4.69, 9.17) is 15.4 Å². The molecule has 0 N–H and O–H groups in total. The van der Waals surface area contributed by atoms with Crippen LogP contribution in [0.1, 0.15) is 19.3 Å². The molecule has 0 radical (unpaired) electrons. The van der Waals surface area contributed by atoms with Gasteiger partial charge in [0.05, 0.1) is 5.52 Å². The minimum Gasteiger partial charge on any atom is -0.486 e. The maximum absolute atomic E-state index is 11.6. The molecule has 0 saturated carbocycles. The van der Waals surface area contributed by atoms with Crippen molar-refractivity contribution in [3.63, 3.8) is 0 Å². The third-order valence-electron chi connectivity index (χ3n) is 3.44. The van der Waals surface area contributed by atoms with E-state index in [9.17, 15) is 8.42 Å². The van der Waals surface area contributed by atoms with Gasteiger partial charge in [-0.25, -0.2) is 8.42 Å². The van der Waals surface area contributed by atoms with E-state index in [0.717, 1.165) is 19.3 Å². The Bertz CT molecular complexity index is 802. The van der Waals surface area contributed by atoms with Gasteiger partial charge in [-0.05, 0) is 49.6 Å². The molecule has 1 aromatic heterocycles. The molecule has 1 unspecified atom stereocenters. The second-order valence-electron chi connectivity index (χ2n) is 4.91. The van der Waals surface area contributed by atoms with Crippen LogP contribution in [0.5, 0.6) is 5.75 Å². The summed E-state index contributed by atoms with van der Waals surface area (Å²) in [6.45, 7) is 0. The molecule has 0 aliphatic heterocycles. The van der Waals surface area contributed by atoms with Gasteiger partial charge in [-0.3, -0.25) is 4.98 Å². The first-order valence-electron chi connectivity index (χ1n) is 6.71. The molecule has 4 nitrogen and oxygen atoms in total. The van der Waals surface area contributed by atoms with E-state index >= 15 is 0 Å². The Kier molecular flexibility index (Phi) is 3.87. The highest BCUT2D eigenvalue weighted by Crippen LogP contribution is 2.32. The van der Waals surface area contributed by atoms with Gasteiger partial charge in [0.2, 0.25) is 0 Å². The van der Waals surface area contributed by atoms with Crippen molar-refractivity contribution in [3.8, 4) is 5.75 Å². The van der Waals surface area contributed by atoms with Crippen LogP contribution in [0.4, 0.5) is 0 Å². The smallest absolute Gasteiger partial charge is 0.263 e. The lowest BCUT2D eigenvalue weighted by Gasteiger charge is -2.19. The topological polar surface area (TPSA) is 56.3 Å². The summed E-state index contributed by atoms with van der Waals surface area (Å²) in [6, 6.07) is 6.62. The summed E-state index contributed by atoms with van der Waals surface area (Å²) in [4.78, 5) is 4.15. The molecule has 1 aliphatic rings. The minimum absolute atomic E-state index is 0.00584. The Morgan fingerprint density at radius 3 is 2.86 bits per heavy atom. The highest BCUT2D eigenvalue weighted by Gasteiger charge is 2.19. The first-order valence-corrected chi connectivity index (χ1v) is 9.02. The van der Waals surface area contributed by atoms with Crippen molar-refractivity contribution in [1.82, 2.24) is 4.98 Å². The largest absolute Gasteiger partial charge is 0.486 e. The van der Waals surface area contributed by atoms with Crippen molar-refractivity contribution in [2.24, 2.45) is 0 Å². The minimum atomic E-state index is -3.84. The molecule has 1 aliphatic carbocycles. The summed E-state index contributed by atoms with van der Waals surface area (Å²) >= 11 is 0. The lowest BCUT2D eigenvalue weighted by atomic mass is 10.1. The van der Waals surface area contributed by atoms with E-state index in [-0.39, 0.29) is 11.0 Å². The third-order valence-corrected chi connectivity index (χ3v) is 4.80. The molecule has 1 heterocycles. The van der Waals surface area contributed by atoms with E-state index in [1.54, 1.807) is 18.2 Å². The molecule has 2 aromatic rings. The molecule has 3 rings (SSSR count). The molecule has 0 saturated heterocycles. The van der Waals surface area contributed by atoms with Gasteiger partial charge in [-0.15, -0.1) is 0 Å². The van der Waals surface area contributed by atoms with Crippen LogP contribution < -0.4 is 4.74 Å². The van der Waals surface area contributed by atoms with Crippen molar-refractivity contribution >= 4 is 30.6 Å². The van der Waals surface area contributed by atoms with Gasteiger partial charge < -0.3 is 4.74 Å². The molecule has 0 amide bonds. The third kappa shape index (κ3) is 3.04. The SMILES string of the molecule is O=S(=O)(Cl)c1ccc(OC2C=CCCC2)c2cccnc12. The molecule has 0 bridgehead atoms. The number of fused-ring (bicyclic) bond motifs is 1. The number of rotatable bonds is 3. The second-order valence-corrected chi connectivity index (χ2v) is 7.45. The molecule has 1 aromatic carbocycles. The highest BCUT2D eigenvalue weighted by atomic mass is 35.7. The first-order chi connectivity index (χ1) is 10.1. The number of nitrogens with zero attached hydrogens (tertiary/aromatic N) is 1. The Balaban J connectivity index is 2.09. The lowest BCUT2D eigenvalue weighted by molar-refractivity contribution is 0.232. The van der Waals surface area contributed by atoms with Crippen LogP contribution in [0.2, 0.25) is 0 Å². The van der Waals surface area contributed by atoms with Gasteiger partial charge >= 0.3 is 0 Å². The molecule has 0 spiro atoms. The number of aromatic nitrogens is 1.